The molecule has 0 amide bonds. The van der Waals surface area contributed by atoms with E-state index in [-0.39, 0.29) is 51.0 Å². The van der Waals surface area contributed by atoms with Gasteiger partial charge >= 0.3 is 26.2 Å². The summed E-state index contributed by atoms with van der Waals surface area (Å²) < 4.78 is 8.06. The zero-order chi connectivity index (χ0) is 2.00. The van der Waals surface area contributed by atoms with Gasteiger partial charge in [0.15, 0.2) is 0 Å². The maximum Gasteiger partial charge on any atom is 2.00 e. The third-order valence-electron chi connectivity index (χ3n) is 0. The monoisotopic (exact) mass is 208 g/mol. The Morgan fingerprint density at radius 3 is 1.00 bits per heavy atom. The minimum absolute atomic E-state index is 0. The summed E-state index contributed by atoms with van der Waals surface area (Å²) in [5, 5.41) is 0. The molecule has 5 heteroatoms. The summed E-state index contributed by atoms with van der Waals surface area (Å²) in [5.74, 6) is 0. The van der Waals surface area contributed by atoms with Gasteiger partial charge in [-0.25, -0.2) is 0 Å². The van der Waals surface area contributed by atoms with Crippen molar-refractivity contribution in [1.82, 2.24) is 0 Å². The van der Waals surface area contributed by atoms with Gasteiger partial charge < -0.3 is 24.8 Å². The van der Waals surface area contributed by atoms with Crippen molar-refractivity contribution in [1.29, 1.82) is 0 Å². The van der Waals surface area contributed by atoms with E-state index in [0.29, 0.717) is 0 Å². The maximum absolute atomic E-state index is 8.06. The van der Waals surface area contributed by atoms with Crippen molar-refractivity contribution in [3.05, 3.63) is 0 Å². The summed E-state index contributed by atoms with van der Waals surface area (Å²) >= 11 is 0. The van der Waals surface area contributed by atoms with E-state index in [9.17, 15) is 0 Å². The average molecular weight is 210 g/mol. The van der Waals surface area contributed by atoms with Crippen LogP contribution < -0.4 is 24.8 Å². The fraction of sp³-hybridized carbons (Fsp3) is 0. The van der Waals surface area contributed by atoms with Crippen LogP contribution in [-0.4, -0.2) is 0 Å². The third-order valence-corrected chi connectivity index (χ3v) is 0. The topological polar surface area (TPSA) is 17.1 Å². The van der Waals surface area contributed by atoms with Gasteiger partial charge in [-0.3, -0.25) is 4.57 Å². The molecule has 0 rings (SSSR count). The van der Waals surface area contributed by atoms with E-state index in [0.717, 1.165) is 0 Å². The number of hydrogen-bond donors (Lipinski definition) is 0. The molecule has 0 saturated carbocycles. The Morgan fingerprint density at radius 1 is 1.00 bits per heavy atom. The molecule has 5 heavy (non-hydrogen) atoms. The van der Waals surface area contributed by atoms with Crippen LogP contribution in [0.2, 0.25) is 0 Å². The van der Waals surface area contributed by atoms with Gasteiger partial charge in [-0.15, -0.1) is 0 Å². The first-order valence-corrected chi connectivity index (χ1v) is 0.612. The Morgan fingerprint density at radius 2 is 1.00 bits per heavy atom. The van der Waals surface area contributed by atoms with Crippen molar-refractivity contribution in [2.24, 2.45) is 0 Å². The van der Waals surface area contributed by atoms with Crippen molar-refractivity contribution < 1.29 is 55.6 Å². The first kappa shape index (κ1) is 30.9. The second-order valence-electron chi connectivity index (χ2n) is 0. The fourth-order valence-electron chi connectivity index (χ4n) is 0. The van der Waals surface area contributed by atoms with Gasteiger partial charge in [-0.1, -0.05) is 0 Å². The third kappa shape index (κ3) is 28.9. The molecule has 30 valence electrons. The van der Waals surface area contributed by atoms with E-state index in [4.69, 9.17) is 4.57 Å². The van der Waals surface area contributed by atoms with Gasteiger partial charge in [0.2, 0.25) is 0 Å². The predicted molar refractivity (Wildman–Crippen MR) is 9.00 cm³/mol. The largest absolute Gasteiger partial charge is 2.00 e. The second-order valence-corrected chi connectivity index (χ2v) is 0. The molecule has 0 heterocycles. The molecule has 0 aromatic heterocycles. The number of hydrogen-bond acceptors (Lipinski definition) is 1. The van der Waals surface area contributed by atoms with Crippen molar-refractivity contribution in [3.63, 3.8) is 0 Å². The van der Waals surface area contributed by atoms with Gasteiger partial charge in [-0.05, 0) is 0 Å². The van der Waals surface area contributed by atoms with Crippen molar-refractivity contribution in [3.8, 4) is 0 Å². The molecule has 0 fully saturated rings. The normalized spacial score (nSPS) is 0.800. The van der Waals surface area contributed by atoms with Crippen molar-refractivity contribution in [2.45, 2.75) is 0 Å². The van der Waals surface area contributed by atoms with E-state index in [1.807, 2.05) is 0 Å². The molecule has 0 unspecified atom stereocenters. The van der Waals surface area contributed by atoms with Crippen LogP contribution in [0.4, 0.5) is 0 Å². The molecule has 0 aliphatic carbocycles. The molecular weight excluding hydrogens is 209 g/mol. The minimum Gasteiger partial charge on any atom is -1.00 e. The summed E-state index contributed by atoms with van der Waals surface area (Å²) in [6.45, 7) is 0. The van der Waals surface area contributed by atoms with Crippen molar-refractivity contribution in [2.75, 3.05) is 0 Å². The van der Waals surface area contributed by atoms with E-state index in [1.54, 1.807) is 9.12 Å². The van der Waals surface area contributed by atoms with Crippen LogP contribution in [0.1, 0.15) is 0 Å². The minimum atomic E-state index is 0. The molecule has 0 aromatic rings. The zero-order valence-corrected chi connectivity index (χ0v) is 7.13. The zero-order valence-electron chi connectivity index (χ0n) is 2.16. The second kappa shape index (κ2) is 47.4. The predicted octanol–water partition coefficient (Wildman–Crippen LogP) is -5.52. The molecule has 0 radical (unpaired) electrons. The molecule has 0 atom stereocenters. The fourth-order valence-corrected chi connectivity index (χ4v) is 0. The van der Waals surface area contributed by atoms with Crippen LogP contribution in [-0.2, 0) is 30.8 Å². The van der Waals surface area contributed by atoms with Crippen molar-refractivity contribution >= 4 is 9.12 Å². The number of halogens is 2. The molecule has 0 aliphatic rings. The SMILES string of the molecule is O=P.[Cl-].[Cl-].[Zr+2]. The van der Waals surface area contributed by atoms with E-state index in [1.165, 1.54) is 0 Å². The van der Waals surface area contributed by atoms with Gasteiger partial charge in [0.1, 0.15) is 9.12 Å². The Kier molecular flexibility index (Phi) is 293. The molecular formula is HCl2OPZr. The van der Waals surface area contributed by atoms with E-state index < -0.39 is 0 Å². The van der Waals surface area contributed by atoms with Crippen LogP contribution in [0.15, 0.2) is 0 Å². The van der Waals surface area contributed by atoms with Gasteiger partial charge in [0.25, 0.3) is 0 Å². The smallest absolute Gasteiger partial charge is 1.00 e. The molecule has 0 aliphatic heterocycles. The number of rotatable bonds is 0. The van der Waals surface area contributed by atoms with Crippen LogP contribution in [0.3, 0.4) is 0 Å². The average Bonchev–Trinajstić information content (AvgIpc) is 1.00. The quantitative estimate of drug-likeness (QED) is 0.364. The van der Waals surface area contributed by atoms with Gasteiger partial charge in [0.05, 0.1) is 0 Å². The van der Waals surface area contributed by atoms with Gasteiger partial charge in [0, 0.05) is 0 Å². The van der Waals surface area contributed by atoms with Crippen LogP contribution in [0.25, 0.3) is 0 Å². The van der Waals surface area contributed by atoms with Crippen LogP contribution in [0, 0.1) is 0 Å². The Bertz CT molecular complexity index is 9.61. The van der Waals surface area contributed by atoms with Crippen LogP contribution in [0.5, 0.6) is 0 Å². The van der Waals surface area contributed by atoms with Crippen LogP contribution >= 0.6 is 9.12 Å². The summed E-state index contributed by atoms with van der Waals surface area (Å²) in [6, 6.07) is 0. The summed E-state index contributed by atoms with van der Waals surface area (Å²) in [4.78, 5) is 0. The summed E-state index contributed by atoms with van der Waals surface area (Å²) in [6.07, 6.45) is 0. The molecule has 0 N–H and O–H groups in total. The summed E-state index contributed by atoms with van der Waals surface area (Å²) in [7, 11) is 1.72. The van der Waals surface area contributed by atoms with Gasteiger partial charge in [-0.2, -0.15) is 0 Å². The first-order chi connectivity index (χ1) is 1.00. The Labute approximate surface area is 64.5 Å². The van der Waals surface area contributed by atoms with E-state index in [2.05, 4.69) is 0 Å². The maximum atomic E-state index is 8.06. The molecule has 1 nitrogen and oxygen atoms in total. The summed E-state index contributed by atoms with van der Waals surface area (Å²) in [5.41, 5.74) is 0. The molecule has 0 saturated heterocycles. The Balaban J connectivity index is -0.00000000167. The molecule has 0 aromatic carbocycles. The molecule has 0 bridgehead atoms. The Hall–Kier alpha value is 1.56. The van der Waals surface area contributed by atoms with E-state index >= 15 is 0 Å². The standard InChI is InChI=1S/2ClH.HOP.Zr/c;;1-2;/h2*1H;2H;/q;;;+2/p-2. The first-order valence-electron chi connectivity index (χ1n) is 0.204. The molecule has 0 spiro atoms.